The third-order valence-corrected chi connectivity index (χ3v) is 3.93. The number of rotatable bonds is 6. The van der Waals surface area contributed by atoms with Crippen molar-refractivity contribution in [1.82, 2.24) is 15.0 Å². The maximum Gasteiger partial charge on any atom is 0.225 e. The van der Waals surface area contributed by atoms with E-state index in [9.17, 15) is 0 Å². The van der Waals surface area contributed by atoms with Crippen LogP contribution >= 0.6 is 0 Å². The highest BCUT2D eigenvalue weighted by Gasteiger charge is 2.22. The largest absolute Gasteiger partial charge is 0.366 e. The van der Waals surface area contributed by atoms with E-state index >= 15 is 0 Å². The van der Waals surface area contributed by atoms with E-state index < -0.39 is 0 Å². The Morgan fingerprint density at radius 2 is 1.75 bits per heavy atom. The first-order chi connectivity index (χ1) is 11.9. The van der Waals surface area contributed by atoms with Crippen molar-refractivity contribution >= 4 is 11.8 Å². The Morgan fingerprint density at radius 3 is 2.50 bits per heavy atom. The molecule has 2 N–H and O–H groups in total. The maximum absolute atomic E-state index is 4.67. The first-order valence-electron chi connectivity index (χ1n) is 8.21. The molecule has 2 aromatic heterocycles. The van der Waals surface area contributed by atoms with E-state index in [-0.39, 0.29) is 0 Å². The van der Waals surface area contributed by atoms with Crippen LogP contribution in [0.2, 0.25) is 0 Å². The number of anilines is 2. The minimum absolute atomic E-state index is 0.518. The molecule has 24 heavy (non-hydrogen) atoms. The van der Waals surface area contributed by atoms with E-state index in [2.05, 4.69) is 37.7 Å². The zero-order valence-corrected chi connectivity index (χ0v) is 13.3. The Morgan fingerprint density at radius 1 is 0.958 bits per heavy atom. The topological polar surface area (TPSA) is 62.7 Å². The fraction of sp³-hybridized carbons (Fsp3) is 0.211. The summed E-state index contributed by atoms with van der Waals surface area (Å²) in [5.41, 5.74) is 3.18. The van der Waals surface area contributed by atoms with Gasteiger partial charge in [-0.05, 0) is 30.5 Å². The average Bonchev–Trinajstić information content (AvgIpc) is 3.45. The summed E-state index contributed by atoms with van der Waals surface area (Å²) in [6, 6.07) is 16.7. The van der Waals surface area contributed by atoms with Crippen LogP contribution in [0.5, 0.6) is 0 Å². The molecule has 2 heterocycles. The highest BCUT2D eigenvalue weighted by Crippen LogP contribution is 2.26. The quantitative estimate of drug-likeness (QED) is 0.725. The molecule has 0 spiro atoms. The van der Waals surface area contributed by atoms with Crippen LogP contribution in [0.3, 0.4) is 0 Å². The van der Waals surface area contributed by atoms with Gasteiger partial charge in [0.1, 0.15) is 5.82 Å². The molecule has 1 fully saturated rings. The predicted molar refractivity (Wildman–Crippen MR) is 95.7 cm³/mol. The second kappa shape index (κ2) is 6.66. The van der Waals surface area contributed by atoms with Crippen molar-refractivity contribution < 1.29 is 0 Å². The molecule has 1 aliphatic rings. The summed E-state index contributed by atoms with van der Waals surface area (Å²) in [6.45, 7) is 0.705. The third kappa shape index (κ3) is 3.68. The summed E-state index contributed by atoms with van der Waals surface area (Å²) in [4.78, 5) is 13.3. The lowest BCUT2D eigenvalue weighted by molar-refractivity contribution is 1.03. The van der Waals surface area contributed by atoms with Crippen molar-refractivity contribution in [2.24, 2.45) is 0 Å². The second-order valence-electron chi connectivity index (χ2n) is 5.96. The molecule has 1 aliphatic carbocycles. The first kappa shape index (κ1) is 14.6. The van der Waals surface area contributed by atoms with Gasteiger partial charge in [-0.2, -0.15) is 4.98 Å². The molecule has 0 aliphatic heterocycles. The van der Waals surface area contributed by atoms with Gasteiger partial charge >= 0.3 is 0 Å². The first-order valence-corrected chi connectivity index (χ1v) is 8.21. The summed E-state index contributed by atoms with van der Waals surface area (Å²) >= 11 is 0. The lowest BCUT2D eigenvalue weighted by atomic mass is 10.1. The Hall–Kier alpha value is -2.95. The molecule has 0 bridgehead atoms. The fourth-order valence-corrected chi connectivity index (χ4v) is 2.46. The smallest absolute Gasteiger partial charge is 0.225 e. The molecule has 3 aromatic rings. The van der Waals surface area contributed by atoms with Crippen LogP contribution in [0, 0.1) is 0 Å². The van der Waals surface area contributed by atoms with E-state index in [4.69, 9.17) is 0 Å². The van der Waals surface area contributed by atoms with Crippen molar-refractivity contribution in [3.63, 3.8) is 0 Å². The number of aromatic nitrogens is 3. The molecular weight excluding hydrogens is 298 g/mol. The van der Waals surface area contributed by atoms with Crippen molar-refractivity contribution in [2.75, 3.05) is 10.6 Å². The van der Waals surface area contributed by atoms with Crippen molar-refractivity contribution in [3.05, 3.63) is 66.5 Å². The van der Waals surface area contributed by atoms with Gasteiger partial charge in [0.2, 0.25) is 5.95 Å². The highest BCUT2D eigenvalue weighted by molar-refractivity contribution is 5.64. The molecule has 0 atom stereocenters. The van der Waals surface area contributed by atoms with E-state index in [0.29, 0.717) is 18.5 Å². The lowest BCUT2D eigenvalue weighted by Gasteiger charge is -2.11. The van der Waals surface area contributed by atoms with Gasteiger partial charge < -0.3 is 10.6 Å². The molecule has 1 aromatic carbocycles. The van der Waals surface area contributed by atoms with Crippen LogP contribution in [0.4, 0.5) is 11.8 Å². The van der Waals surface area contributed by atoms with Crippen LogP contribution in [0.1, 0.15) is 18.4 Å². The van der Waals surface area contributed by atoms with Gasteiger partial charge in [0.05, 0.1) is 5.69 Å². The van der Waals surface area contributed by atoms with E-state index in [1.54, 1.807) is 12.4 Å². The monoisotopic (exact) mass is 317 g/mol. The molecule has 120 valence electrons. The molecule has 0 unspecified atom stereocenters. The van der Waals surface area contributed by atoms with Crippen molar-refractivity contribution in [2.45, 2.75) is 25.4 Å². The van der Waals surface area contributed by atoms with Crippen LogP contribution < -0.4 is 10.6 Å². The molecule has 0 radical (unpaired) electrons. The number of benzene rings is 1. The SMILES string of the molecule is c1ccc(-c2cc(NCc3ccncc3)nc(NC3CC3)n2)cc1. The fourth-order valence-electron chi connectivity index (χ4n) is 2.46. The zero-order valence-electron chi connectivity index (χ0n) is 13.3. The van der Waals surface area contributed by atoms with Gasteiger partial charge in [-0.15, -0.1) is 0 Å². The molecule has 4 rings (SSSR count). The number of nitrogens with one attached hydrogen (secondary N) is 2. The number of nitrogens with zero attached hydrogens (tertiary/aromatic N) is 3. The third-order valence-electron chi connectivity index (χ3n) is 3.93. The molecular formula is C19H19N5. The van der Waals surface area contributed by atoms with Gasteiger partial charge in [0, 0.05) is 36.6 Å². The predicted octanol–water partition coefficient (Wildman–Crippen LogP) is 3.73. The summed E-state index contributed by atoms with van der Waals surface area (Å²) in [6.07, 6.45) is 5.98. The van der Waals surface area contributed by atoms with Crippen LogP contribution in [0.25, 0.3) is 11.3 Å². The Bertz CT molecular complexity index is 801. The number of hydrogen-bond acceptors (Lipinski definition) is 5. The van der Waals surface area contributed by atoms with Gasteiger partial charge in [-0.25, -0.2) is 4.98 Å². The highest BCUT2D eigenvalue weighted by atomic mass is 15.2. The summed E-state index contributed by atoms with van der Waals surface area (Å²) in [5, 5.41) is 6.78. The minimum atomic E-state index is 0.518. The molecule has 5 nitrogen and oxygen atoms in total. The van der Waals surface area contributed by atoms with Crippen LogP contribution in [-0.4, -0.2) is 21.0 Å². The molecule has 0 amide bonds. The number of pyridine rings is 1. The molecule has 5 heteroatoms. The standard InChI is InChI=1S/C19H19N5/c1-2-4-15(5-3-1)17-12-18(21-13-14-8-10-20-11-9-14)24-19(23-17)22-16-6-7-16/h1-5,8-12,16H,6-7,13H2,(H2,21,22,23,24). The Labute approximate surface area is 141 Å². The Kier molecular flexibility index (Phi) is 4.06. The van der Waals surface area contributed by atoms with Gasteiger partial charge in [-0.1, -0.05) is 30.3 Å². The summed E-state index contributed by atoms with van der Waals surface area (Å²) < 4.78 is 0. The zero-order chi connectivity index (χ0) is 16.2. The average molecular weight is 317 g/mol. The van der Waals surface area contributed by atoms with E-state index in [0.717, 1.165) is 17.1 Å². The lowest BCUT2D eigenvalue weighted by Crippen LogP contribution is -2.09. The minimum Gasteiger partial charge on any atom is -0.366 e. The maximum atomic E-state index is 4.67. The second-order valence-corrected chi connectivity index (χ2v) is 5.96. The molecule has 1 saturated carbocycles. The summed E-state index contributed by atoms with van der Waals surface area (Å²) in [7, 11) is 0. The van der Waals surface area contributed by atoms with E-state index in [1.165, 1.54) is 18.4 Å². The number of hydrogen-bond donors (Lipinski definition) is 2. The van der Waals surface area contributed by atoms with Crippen molar-refractivity contribution in [1.29, 1.82) is 0 Å². The summed E-state index contributed by atoms with van der Waals surface area (Å²) in [5.74, 6) is 1.51. The van der Waals surface area contributed by atoms with Gasteiger partial charge in [0.25, 0.3) is 0 Å². The van der Waals surface area contributed by atoms with Crippen molar-refractivity contribution in [3.8, 4) is 11.3 Å². The Balaban J connectivity index is 1.59. The normalized spacial score (nSPS) is 13.5. The van der Waals surface area contributed by atoms with E-state index in [1.807, 2.05) is 36.4 Å². The van der Waals surface area contributed by atoms with Crippen LogP contribution in [-0.2, 0) is 6.54 Å². The van der Waals surface area contributed by atoms with Crippen LogP contribution in [0.15, 0.2) is 60.9 Å². The van der Waals surface area contributed by atoms with Gasteiger partial charge in [-0.3, -0.25) is 4.98 Å². The van der Waals surface area contributed by atoms with Gasteiger partial charge in [0.15, 0.2) is 0 Å². The molecule has 0 saturated heterocycles.